The van der Waals surface area contributed by atoms with Gasteiger partial charge in [-0.25, -0.2) is 0 Å². The van der Waals surface area contributed by atoms with E-state index in [0.29, 0.717) is 17.4 Å². The first-order chi connectivity index (χ1) is 13.0. The van der Waals surface area contributed by atoms with Crippen LogP contribution in [0.2, 0.25) is 0 Å². The zero-order valence-corrected chi connectivity index (χ0v) is 15.5. The summed E-state index contributed by atoms with van der Waals surface area (Å²) in [6.07, 6.45) is 0. The van der Waals surface area contributed by atoms with E-state index in [1.807, 2.05) is 67.9 Å². The second-order valence-electron chi connectivity index (χ2n) is 6.61. The lowest BCUT2D eigenvalue weighted by molar-refractivity contribution is 0.0938. The van der Waals surface area contributed by atoms with Gasteiger partial charge in [0, 0.05) is 23.5 Å². The van der Waals surface area contributed by atoms with Crippen molar-refractivity contribution in [2.24, 2.45) is 7.05 Å². The molecule has 1 amide bonds. The van der Waals surface area contributed by atoms with Gasteiger partial charge in [-0.1, -0.05) is 47.1 Å². The van der Waals surface area contributed by atoms with Gasteiger partial charge >= 0.3 is 0 Å². The van der Waals surface area contributed by atoms with Gasteiger partial charge in [-0.15, -0.1) is 0 Å². The van der Waals surface area contributed by atoms with Crippen LogP contribution in [0.4, 0.5) is 0 Å². The molecule has 0 aliphatic heterocycles. The molecular weight excluding hydrogens is 340 g/mol. The van der Waals surface area contributed by atoms with Crippen molar-refractivity contribution in [3.05, 3.63) is 71.2 Å². The van der Waals surface area contributed by atoms with E-state index in [1.165, 1.54) is 5.56 Å². The fourth-order valence-electron chi connectivity index (χ4n) is 3.34. The lowest BCUT2D eigenvalue weighted by atomic mass is 10.1. The van der Waals surface area contributed by atoms with Crippen molar-refractivity contribution < 1.29 is 9.32 Å². The molecule has 0 aliphatic rings. The van der Waals surface area contributed by atoms with Crippen LogP contribution in [0, 0.1) is 13.8 Å². The number of aryl methyl sites for hydroxylation is 3. The molecule has 2 heterocycles. The Kier molecular flexibility index (Phi) is 4.24. The number of hydrogen-bond acceptors (Lipinski definition) is 4. The molecule has 0 spiro atoms. The number of nitrogens with zero attached hydrogens (tertiary/aromatic N) is 3. The summed E-state index contributed by atoms with van der Waals surface area (Å²) in [7, 11) is 1.90. The average molecular weight is 360 g/mol. The number of benzene rings is 2. The van der Waals surface area contributed by atoms with Crippen LogP contribution in [0.15, 0.2) is 53.1 Å². The molecule has 27 heavy (non-hydrogen) atoms. The third-order valence-corrected chi connectivity index (χ3v) is 4.72. The first-order valence-corrected chi connectivity index (χ1v) is 8.76. The van der Waals surface area contributed by atoms with E-state index in [2.05, 4.69) is 21.5 Å². The molecule has 0 saturated heterocycles. The van der Waals surface area contributed by atoms with Gasteiger partial charge < -0.3 is 14.4 Å². The van der Waals surface area contributed by atoms with Crippen LogP contribution in [0.1, 0.15) is 27.5 Å². The van der Waals surface area contributed by atoms with Crippen molar-refractivity contribution in [2.75, 3.05) is 0 Å². The van der Waals surface area contributed by atoms with Gasteiger partial charge in [0.2, 0.25) is 11.7 Å². The molecule has 4 rings (SSSR count). The van der Waals surface area contributed by atoms with Crippen LogP contribution >= 0.6 is 0 Å². The number of fused-ring (bicyclic) bond motifs is 1. The summed E-state index contributed by atoms with van der Waals surface area (Å²) in [6, 6.07) is 15.8. The Balaban J connectivity index is 1.54. The fourth-order valence-corrected chi connectivity index (χ4v) is 3.34. The predicted octanol–water partition coefficient (Wildman–Crippen LogP) is 3.78. The fraction of sp³-hybridized carbons (Fsp3) is 0.190. The molecule has 6 heteroatoms. The number of rotatable bonds is 4. The van der Waals surface area contributed by atoms with Crippen molar-refractivity contribution in [1.29, 1.82) is 0 Å². The normalized spacial score (nSPS) is 11.1. The summed E-state index contributed by atoms with van der Waals surface area (Å²) in [4.78, 5) is 17.1. The quantitative estimate of drug-likeness (QED) is 0.601. The van der Waals surface area contributed by atoms with Crippen LogP contribution < -0.4 is 5.32 Å². The van der Waals surface area contributed by atoms with Crippen molar-refractivity contribution in [1.82, 2.24) is 20.0 Å². The topological polar surface area (TPSA) is 73.0 Å². The number of nitrogens with one attached hydrogen (secondary N) is 1. The van der Waals surface area contributed by atoms with Gasteiger partial charge in [0.05, 0.1) is 6.54 Å². The highest BCUT2D eigenvalue weighted by molar-refractivity contribution is 6.01. The van der Waals surface area contributed by atoms with Gasteiger partial charge in [0.1, 0.15) is 5.69 Å². The first kappa shape index (κ1) is 17.0. The maximum absolute atomic E-state index is 12.8. The Labute approximate surface area is 156 Å². The zero-order chi connectivity index (χ0) is 19.0. The minimum Gasteiger partial charge on any atom is -0.342 e. The largest absolute Gasteiger partial charge is 0.342 e. The molecule has 6 nitrogen and oxygen atoms in total. The summed E-state index contributed by atoms with van der Waals surface area (Å²) in [5, 5.41) is 7.94. The van der Waals surface area contributed by atoms with Crippen LogP contribution in [-0.4, -0.2) is 20.6 Å². The number of carbonyl (C=O) groups excluding carboxylic acids is 1. The van der Waals surface area contributed by atoms with Crippen LogP contribution in [0.3, 0.4) is 0 Å². The van der Waals surface area contributed by atoms with E-state index in [4.69, 9.17) is 4.52 Å². The van der Waals surface area contributed by atoms with E-state index in [9.17, 15) is 4.79 Å². The highest BCUT2D eigenvalue weighted by Gasteiger charge is 2.19. The van der Waals surface area contributed by atoms with Crippen molar-refractivity contribution >= 4 is 16.8 Å². The van der Waals surface area contributed by atoms with Gasteiger partial charge in [-0.3, -0.25) is 4.79 Å². The Morgan fingerprint density at radius 3 is 2.70 bits per heavy atom. The molecule has 0 aliphatic carbocycles. The maximum atomic E-state index is 12.8. The summed E-state index contributed by atoms with van der Waals surface area (Å²) < 4.78 is 7.18. The Bertz CT molecular complexity index is 1130. The van der Waals surface area contributed by atoms with Gasteiger partial charge in [0.25, 0.3) is 5.91 Å². The molecular formula is C21H20N4O2. The third kappa shape index (κ3) is 3.10. The standard InChI is InChI=1S/C21H20N4O2/c1-13-9-10-17-16(11-13)14(2)19(25(17)3)21(26)22-12-18-23-20(24-27-18)15-7-5-4-6-8-15/h4-11H,12H2,1-3H3,(H,22,26). The average Bonchev–Trinajstić information content (AvgIpc) is 3.24. The van der Waals surface area contributed by atoms with Gasteiger partial charge in [0.15, 0.2) is 0 Å². The summed E-state index contributed by atoms with van der Waals surface area (Å²) in [6.45, 7) is 4.20. The highest BCUT2D eigenvalue weighted by atomic mass is 16.5. The smallest absolute Gasteiger partial charge is 0.268 e. The molecule has 0 atom stereocenters. The molecule has 4 aromatic rings. The Morgan fingerprint density at radius 2 is 1.93 bits per heavy atom. The molecule has 0 saturated carbocycles. The first-order valence-electron chi connectivity index (χ1n) is 8.76. The SMILES string of the molecule is Cc1ccc2c(c1)c(C)c(C(=O)NCc1nc(-c3ccccc3)no1)n2C. The molecule has 1 N–H and O–H groups in total. The van der Waals surface area contributed by atoms with Gasteiger partial charge in [-0.2, -0.15) is 4.98 Å². The van der Waals surface area contributed by atoms with Gasteiger partial charge in [-0.05, 0) is 31.5 Å². The number of carbonyl (C=O) groups is 1. The zero-order valence-electron chi connectivity index (χ0n) is 15.5. The predicted molar refractivity (Wildman–Crippen MR) is 103 cm³/mol. The lowest BCUT2D eigenvalue weighted by Crippen LogP contribution is -2.25. The van der Waals surface area contributed by atoms with E-state index < -0.39 is 0 Å². The molecule has 2 aromatic heterocycles. The highest BCUT2D eigenvalue weighted by Crippen LogP contribution is 2.25. The Morgan fingerprint density at radius 1 is 1.15 bits per heavy atom. The Hall–Kier alpha value is -3.41. The van der Waals surface area contributed by atoms with Crippen LogP contribution in [0.25, 0.3) is 22.3 Å². The monoisotopic (exact) mass is 360 g/mol. The molecule has 0 unspecified atom stereocenters. The third-order valence-electron chi connectivity index (χ3n) is 4.72. The van der Waals surface area contributed by atoms with Crippen molar-refractivity contribution in [3.63, 3.8) is 0 Å². The second-order valence-corrected chi connectivity index (χ2v) is 6.61. The molecule has 0 fully saturated rings. The van der Waals surface area contributed by atoms with E-state index in [-0.39, 0.29) is 12.5 Å². The number of aromatic nitrogens is 3. The molecule has 0 bridgehead atoms. The summed E-state index contributed by atoms with van der Waals surface area (Å²) in [5.74, 6) is 0.717. The van der Waals surface area contributed by atoms with Crippen LogP contribution in [-0.2, 0) is 13.6 Å². The molecule has 136 valence electrons. The minimum absolute atomic E-state index is 0.164. The summed E-state index contributed by atoms with van der Waals surface area (Å²) >= 11 is 0. The maximum Gasteiger partial charge on any atom is 0.268 e. The minimum atomic E-state index is -0.164. The van der Waals surface area contributed by atoms with E-state index in [1.54, 1.807) is 0 Å². The van der Waals surface area contributed by atoms with Crippen molar-refractivity contribution in [3.8, 4) is 11.4 Å². The molecule has 0 radical (unpaired) electrons. The lowest BCUT2D eigenvalue weighted by Gasteiger charge is -2.05. The van der Waals surface area contributed by atoms with Crippen molar-refractivity contribution in [2.45, 2.75) is 20.4 Å². The molecule has 2 aromatic carbocycles. The number of hydrogen-bond donors (Lipinski definition) is 1. The van der Waals surface area contributed by atoms with E-state index >= 15 is 0 Å². The number of amides is 1. The van der Waals surface area contributed by atoms with E-state index in [0.717, 1.165) is 22.0 Å². The van der Waals surface area contributed by atoms with Crippen LogP contribution in [0.5, 0.6) is 0 Å². The summed E-state index contributed by atoms with van der Waals surface area (Å²) in [5.41, 5.74) is 4.68. The second kappa shape index (κ2) is 6.72.